The van der Waals surface area contributed by atoms with Crippen LogP contribution in [0.5, 0.6) is 0 Å². The molecule has 0 amide bonds. The number of rotatable bonds is 5. The van der Waals surface area contributed by atoms with Gasteiger partial charge in [0.1, 0.15) is 0 Å². The first-order valence-electron chi connectivity index (χ1n) is 8.19. The topological polar surface area (TPSA) is 65.8 Å². The quantitative estimate of drug-likeness (QED) is 0.470. The number of aromatic nitrogens is 1. The van der Waals surface area contributed by atoms with E-state index in [-0.39, 0.29) is 5.56 Å². The lowest BCUT2D eigenvalue weighted by Crippen LogP contribution is -2.10. The van der Waals surface area contributed by atoms with Crippen molar-refractivity contribution in [3.63, 3.8) is 0 Å². The SMILES string of the molecule is Cc1cc(/C=N/N(C)c2nc(-c3ccccc3Cl)cs2)c(C(=O)O)cc1C. The first kappa shape index (κ1) is 19.1. The Labute approximate surface area is 166 Å². The number of carboxylic acids is 1. The van der Waals surface area contributed by atoms with Gasteiger partial charge in [-0.2, -0.15) is 5.10 Å². The predicted molar refractivity (Wildman–Crippen MR) is 111 cm³/mol. The number of benzene rings is 2. The molecule has 0 aliphatic rings. The number of carbonyl (C=O) groups is 1. The normalized spacial score (nSPS) is 11.1. The van der Waals surface area contributed by atoms with Gasteiger partial charge in [-0.25, -0.2) is 14.8 Å². The molecule has 138 valence electrons. The molecule has 0 fully saturated rings. The number of hydrogen-bond donors (Lipinski definition) is 1. The standard InChI is InChI=1S/C20H18ClN3O2S/c1-12-8-14(16(19(25)26)9-13(12)2)10-22-24(3)20-23-18(11-27-20)15-6-4-5-7-17(15)21/h4-11H,1-3H3,(H,25,26)/b22-10+. The summed E-state index contributed by atoms with van der Waals surface area (Å²) in [5, 5.41) is 18.6. The fourth-order valence-electron chi connectivity index (χ4n) is 2.53. The molecule has 1 heterocycles. The van der Waals surface area contributed by atoms with E-state index in [9.17, 15) is 9.90 Å². The number of aryl methyl sites for hydroxylation is 2. The average molecular weight is 400 g/mol. The summed E-state index contributed by atoms with van der Waals surface area (Å²) in [4.78, 5) is 16.1. The number of halogens is 1. The van der Waals surface area contributed by atoms with Crippen LogP contribution in [0.15, 0.2) is 46.9 Å². The van der Waals surface area contributed by atoms with Crippen LogP contribution in [0.4, 0.5) is 5.13 Å². The van der Waals surface area contributed by atoms with Gasteiger partial charge in [0.25, 0.3) is 0 Å². The van der Waals surface area contributed by atoms with Crippen molar-refractivity contribution in [2.45, 2.75) is 13.8 Å². The van der Waals surface area contributed by atoms with Crippen molar-refractivity contribution in [1.29, 1.82) is 0 Å². The van der Waals surface area contributed by atoms with E-state index in [2.05, 4.69) is 10.1 Å². The predicted octanol–water partition coefficient (Wildman–Crippen LogP) is 5.25. The van der Waals surface area contributed by atoms with Gasteiger partial charge in [0.15, 0.2) is 0 Å². The Hall–Kier alpha value is -2.70. The Morgan fingerprint density at radius 2 is 1.96 bits per heavy atom. The first-order valence-corrected chi connectivity index (χ1v) is 9.45. The van der Waals surface area contributed by atoms with Crippen LogP contribution in [0.3, 0.4) is 0 Å². The Morgan fingerprint density at radius 1 is 1.26 bits per heavy atom. The van der Waals surface area contributed by atoms with E-state index in [0.717, 1.165) is 22.4 Å². The zero-order valence-electron chi connectivity index (χ0n) is 15.1. The molecule has 0 atom stereocenters. The van der Waals surface area contributed by atoms with E-state index >= 15 is 0 Å². The van der Waals surface area contributed by atoms with E-state index in [0.29, 0.717) is 15.7 Å². The number of hydrogen-bond acceptors (Lipinski definition) is 5. The molecule has 0 bridgehead atoms. The molecule has 7 heteroatoms. The van der Waals surface area contributed by atoms with Crippen LogP contribution in [-0.2, 0) is 0 Å². The maximum atomic E-state index is 11.5. The largest absolute Gasteiger partial charge is 0.478 e. The molecule has 0 saturated carbocycles. The van der Waals surface area contributed by atoms with Crippen LogP contribution in [0.25, 0.3) is 11.3 Å². The molecule has 1 N–H and O–H groups in total. The molecule has 3 rings (SSSR count). The highest BCUT2D eigenvalue weighted by atomic mass is 35.5. The molecule has 0 radical (unpaired) electrons. The van der Waals surface area contributed by atoms with E-state index in [1.54, 1.807) is 24.3 Å². The second kappa shape index (κ2) is 7.90. The number of nitrogens with zero attached hydrogens (tertiary/aromatic N) is 3. The van der Waals surface area contributed by atoms with Gasteiger partial charge in [0, 0.05) is 28.6 Å². The minimum Gasteiger partial charge on any atom is -0.478 e. The molecule has 5 nitrogen and oxygen atoms in total. The van der Waals surface area contributed by atoms with E-state index < -0.39 is 5.97 Å². The fraction of sp³-hybridized carbons (Fsp3) is 0.150. The number of anilines is 1. The van der Waals surface area contributed by atoms with Crippen molar-refractivity contribution in [2.24, 2.45) is 5.10 Å². The number of hydrazone groups is 1. The number of carboxylic acid groups (broad SMARTS) is 1. The molecule has 0 aliphatic carbocycles. The van der Waals surface area contributed by atoms with E-state index in [1.807, 2.05) is 49.6 Å². The van der Waals surface area contributed by atoms with Gasteiger partial charge in [-0.3, -0.25) is 0 Å². The van der Waals surface area contributed by atoms with Crippen LogP contribution in [0.2, 0.25) is 5.02 Å². The molecular formula is C20H18ClN3O2S. The summed E-state index contributed by atoms with van der Waals surface area (Å²) in [7, 11) is 1.77. The van der Waals surface area contributed by atoms with Gasteiger partial charge in [-0.15, -0.1) is 11.3 Å². The van der Waals surface area contributed by atoms with Crippen molar-refractivity contribution in [1.82, 2.24) is 4.98 Å². The van der Waals surface area contributed by atoms with Crippen molar-refractivity contribution in [3.8, 4) is 11.3 Å². The van der Waals surface area contributed by atoms with Crippen LogP contribution >= 0.6 is 22.9 Å². The van der Waals surface area contributed by atoms with Crippen molar-refractivity contribution in [3.05, 3.63) is 69.1 Å². The molecule has 0 unspecified atom stereocenters. The third kappa shape index (κ3) is 4.18. The number of thiazole rings is 1. The fourth-order valence-corrected chi connectivity index (χ4v) is 3.51. The molecule has 1 aromatic heterocycles. The summed E-state index contributed by atoms with van der Waals surface area (Å²) in [6, 6.07) is 11.0. The monoisotopic (exact) mass is 399 g/mol. The highest BCUT2D eigenvalue weighted by Crippen LogP contribution is 2.31. The Bertz CT molecular complexity index is 1030. The van der Waals surface area contributed by atoms with Gasteiger partial charge in [-0.1, -0.05) is 29.8 Å². The van der Waals surface area contributed by atoms with E-state index in [4.69, 9.17) is 11.6 Å². The van der Waals surface area contributed by atoms with Crippen LogP contribution in [-0.4, -0.2) is 29.3 Å². The van der Waals surface area contributed by atoms with Gasteiger partial charge >= 0.3 is 5.97 Å². The Morgan fingerprint density at radius 3 is 2.67 bits per heavy atom. The van der Waals surface area contributed by atoms with E-state index in [1.165, 1.54) is 11.3 Å². The summed E-state index contributed by atoms with van der Waals surface area (Å²) in [5.41, 5.74) is 4.37. The molecule has 2 aromatic carbocycles. The lowest BCUT2D eigenvalue weighted by molar-refractivity contribution is 0.0696. The summed E-state index contributed by atoms with van der Waals surface area (Å²) < 4.78 is 0. The zero-order chi connectivity index (χ0) is 19.6. The minimum atomic E-state index is -0.975. The number of aromatic carboxylic acids is 1. The smallest absolute Gasteiger partial charge is 0.336 e. The molecular weight excluding hydrogens is 382 g/mol. The molecule has 27 heavy (non-hydrogen) atoms. The average Bonchev–Trinajstić information content (AvgIpc) is 3.12. The van der Waals surface area contributed by atoms with Crippen molar-refractivity contribution in [2.75, 3.05) is 12.1 Å². The van der Waals surface area contributed by atoms with Crippen LogP contribution < -0.4 is 5.01 Å². The van der Waals surface area contributed by atoms with Crippen LogP contribution in [0, 0.1) is 13.8 Å². The van der Waals surface area contributed by atoms with Gasteiger partial charge in [0.05, 0.1) is 17.5 Å². The third-order valence-electron chi connectivity index (χ3n) is 4.19. The highest BCUT2D eigenvalue weighted by molar-refractivity contribution is 7.14. The van der Waals surface area contributed by atoms with Gasteiger partial charge in [-0.05, 0) is 43.2 Å². The minimum absolute atomic E-state index is 0.228. The van der Waals surface area contributed by atoms with Crippen molar-refractivity contribution >= 4 is 40.3 Å². The summed E-state index contributed by atoms with van der Waals surface area (Å²) in [6.45, 7) is 3.83. The molecule has 3 aromatic rings. The molecule has 0 saturated heterocycles. The summed E-state index contributed by atoms with van der Waals surface area (Å²) >= 11 is 7.67. The Balaban J connectivity index is 1.86. The maximum Gasteiger partial charge on any atom is 0.336 e. The first-order chi connectivity index (χ1) is 12.9. The molecule has 0 aliphatic heterocycles. The third-order valence-corrected chi connectivity index (χ3v) is 5.42. The lowest BCUT2D eigenvalue weighted by atomic mass is 10.0. The second-order valence-corrected chi connectivity index (χ2v) is 7.34. The van der Waals surface area contributed by atoms with Gasteiger partial charge < -0.3 is 5.11 Å². The van der Waals surface area contributed by atoms with Gasteiger partial charge in [0.2, 0.25) is 5.13 Å². The highest BCUT2D eigenvalue weighted by Gasteiger charge is 2.12. The summed E-state index contributed by atoms with van der Waals surface area (Å²) in [6.07, 6.45) is 1.55. The molecule has 0 spiro atoms. The Kier molecular flexibility index (Phi) is 5.58. The van der Waals surface area contributed by atoms with Crippen LogP contribution in [0.1, 0.15) is 27.0 Å². The maximum absolute atomic E-state index is 11.5. The summed E-state index contributed by atoms with van der Waals surface area (Å²) in [5.74, 6) is -0.975. The second-order valence-electron chi connectivity index (χ2n) is 6.09. The lowest BCUT2D eigenvalue weighted by Gasteiger charge is -2.10. The van der Waals surface area contributed by atoms with Crippen molar-refractivity contribution < 1.29 is 9.90 Å². The zero-order valence-corrected chi connectivity index (χ0v) is 16.7.